The van der Waals surface area contributed by atoms with Crippen molar-refractivity contribution < 1.29 is 17.9 Å². The molecule has 12 nitrogen and oxygen atoms in total. The van der Waals surface area contributed by atoms with Crippen LogP contribution in [-0.2, 0) is 23.0 Å². The molecule has 0 aliphatic carbocycles. The largest absolute Gasteiger partial charge is 0.618 e. The molecule has 4 heterocycles. The third-order valence-electron chi connectivity index (χ3n) is 7.49. The number of aryl methyl sites for hydroxylation is 1. The van der Waals surface area contributed by atoms with Crippen molar-refractivity contribution in [2.75, 3.05) is 39.3 Å². The number of pyridine rings is 1. The zero-order chi connectivity index (χ0) is 29.9. The van der Waals surface area contributed by atoms with Crippen LogP contribution in [0.5, 0.6) is 5.75 Å². The monoisotopic (exact) mass is 595 g/mol. The van der Waals surface area contributed by atoms with Crippen LogP contribution in [-0.4, -0.2) is 76.7 Å². The number of sulfonamides is 1. The molecule has 4 aromatic rings. The number of piperazine rings is 1. The van der Waals surface area contributed by atoms with Crippen LogP contribution < -0.4 is 15.0 Å². The van der Waals surface area contributed by atoms with E-state index in [0.717, 1.165) is 29.8 Å². The van der Waals surface area contributed by atoms with Crippen molar-refractivity contribution in [1.82, 2.24) is 29.0 Å². The molecule has 0 amide bonds. The van der Waals surface area contributed by atoms with E-state index < -0.39 is 15.6 Å². The number of nitrogens with one attached hydrogen (secondary N) is 1. The van der Waals surface area contributed by atoms with Crippen molar-refractivity contribution in [2.24, 2.45) is 0 Å². The maximum atomic E-state index is 13.6. The summed E-state index contributed by atoms with van der Waals surface area (Å²) in [4.78, 5) is 23.3. The van der Waals surface area contributed by atoms with Gasteiger partial charge in [0, 0.05) is 38.3 Å². The third-order valence-corrected chi connectivity index (χ3v) is 9.38. The van der Waals surface area contributed by atoms with E-state index in [2.05, 4.69) is 21.9 Å². The van der Waals surface area contributed by atoms with Crippen LogP contribution in [0.4, 0.5) is 0 Å². The first-order valence-corrected chi connectivity index (χ1v) is 15.9. The van der Waals surface area contributed by atoms with Crippen LogP contribution in [0.15, 0.2) is 52.3 Å². The van der Waals surface area contributed by atoms with Crippen molar-refractivity contribution in [3.05, 3.63) is 69.5 Å². The van der Waals surface area contributed by atoms with Gasteiger partial charge in [-0.25, -0.2) is 13.4 Å². The van der Waals surface area contributed by atoms with Crippen LogP contribution in [0.3, 0.4) is 0 Å². The van der Waals surface area contributed by atoms with Gasteiger partial charge >= 0.3 is 0 Å². The summed E-state index contributed by atoms with van der Waals surface area (Å²) in [6.45, 7) is 9.68. The molecule has 3 aromatic heterocycles. The fraction of sp³-hybridized carbons (Fsp3) is 0.448. The Bertz CT molecular complexity index is 1730. The molecule has 0 bridgehead atoms. The topological polar surface area (TPSA) is 140 Å². The van der Waals surface area contributed by atoms with Gasteiger partial charge in [-0.3, -0.25) is 9.48 Å². The minimum atomic E-state index is -3.78. The van der Waals surface area contributed by atoms with Gasteiger partial charge in [0.2, 0.25) is 15.7 Å². The Labute approximate surface area is 245 Å². The maximum absolute atomic E-state index is 13.6. The molecule has 0 atom stereocenters. The van der Waals surface area contributed by atoms with Gasteiger partial charge in [0.1, 0.15) is 23.6 Å². The number of H-pyrrole nitrogens is 1. The summed E-state index contributed by atoms with van der Waals surface area (Å²) in [5, 5.41) is 16.8. The molecule has 0 unspecified atom stereocenters. The van der Waals surface area contributed by atoms with Gasteiger partial charge in [0.05, 0.1) is 22.8 Å². The second-order valence-corrected chi connectivity index (χ2v) is 12.3. The van der Waals surface area contributed by atoms with Crippen molar-refractivity contribution in [1.29, 1.82) is 0 Å². The number of hydrogen-bond acceptors (Lipinski definition) is 8. The molecule has 42 heavy (non-hydrogen) atoms. The lowest BCUT2D eigenvalue weighted by Gasteiger charge is -2.33. The first-order chi connectivity index (χ1) is 20.3. The SMILES string of the molecule is CCCOc1ccc(S(=O)(=O)N2CCN(CC)CC2)cc1-c1nc2c(CCC)n(Cc3cccc[n+]3[O-])nc2c(=O)[nH]1. The Kier molecular flexibility index (Phi) is 8.90. The molecule has 0 saturated carbocycles. The number of ether oxygens (including phenoxy) is 1. The molecule has 1 N–H and O–H groups in total. The van der Waals surface area contributed by atoms with Crippen molar-refractivity contribution in [3.8, 4) is 17.1 Å². The van der Waals surface area contributed by atoms with E-state index in [1.54, 1.807) is 35.0 Å². The lowest BCUT2D eigenvalue weighted by Crippen LogP contribution is -2.48. The van der Waals surface area contributed by atoms with E-state index in [-0.39, 0.29) is 22.8 Å². The fourth-order valence-corrected chi connectivity index (χ4v) is 6.62. The van der Waals surface area contributed by atoms with E-state index in [9.17, 15) is 18.4 Å². The lowest BCUT2D eigenvalue weighted by molar-refractivity contribution is -0.614. The van der Waals surface area contributed by atoms with Gasteiger partial charge in [0.15, 0.2) is 11.7 Å². The van der Waals surface area contributed by atoms with E-state index in [4.69, 9.17) is 9.72 Å². The average Bonchev–Trinajstić information content (AvgIpc) is 3.34. The Morgan fingerprint density at radius 1 is 1.05 bits per heavy atom. The minimum Gasteiger partial charge on any atom is -0.618 e. The zero-order valence-electron chi connectivity index (χ0n) is 24.2. The highest BCUT2D eigenvalue weighted by molar-refractivity contribution is 7.89. The van der Waals surface area contributed by atoms with Crippen LogP contribution in [0.2, 0.25) is 0 Å². The van der Waals surface area contributed by atoms with Crippen LogP contribution in [0.1, 0.15) is 45.0 Å². The molecule has 13 heteroatoms. The normalized spacial score (nSPS) is 14.9. The number of aromatic amines is 1. The van der Waals surface area contributed by atoms with Gasteiger partial charge in [-0.05, 0) is 43.7 Å². The quantitative estimate of drug-likeness (QED) is 0.206. The predicted molar refractivity (Wildman–Crippen MR) is 159 cm³/mol. The van der Waals surface area contributed by atoms with Gasteiger partial charge in [-0.1, -0.05) is 27.2 Å². The molecule has 1 aliphatic rings. The summed E-state index contributed by atoms with van der Waals surface area (Å²) < 4.78 is 37.2. The van der Waals surface area contributed by atoms with Crippen LogP contribution >= 0.6 is 0 Å². The molecule has 0 spiro atoms. The maximum Gasteiger partial charge on any atom is 0.279 e. The zero-order valence-corrected chi connectivity index (χ0v) is 25.1. The summed E-state index contributed by atoms with van der Waals surface area (Å²) in [5.41, 5.74) is 1.69. The summed E-state index contributed by atoms with van der Waals surface area (Å²) in [5.74, 6) is 0.622. The Morgan fingerprint density at radius 3 is 2.52 bits per heavy atom. The number of rotatable bonds is 11. The van der Waals surface area contributed by atoms with Gasteiger partial charge < -0.3 is 19.8 Å². The Balaban J connectivity index is 1.61. The summed E-state index contributed by atoms with van der Waals surface area (Å²) in [6, 6.07) is 9.85. The van der Waals surface area contributed by atoms with Crippen molar-refractivity contribution >= 4 is 21.1 Å². The number of nitrogens with zero attached hydrogens (tertiary/aromatic N) is 6. The molecule has 5 rings (SSSR count). The molecular formula is C29H37N7O5S. The molecule has 1 aromatic carbocycles. The highest BCUT2D eigenvalue weighted by Crippen LogP contribution is 2.32. The summed E-state index contributed by atoms with van der Waals surface area (Å²) in [7, 11) is -3.78. The first kappa shape index (κ1) is 29.7. The number of aromatic nitrogens is 5. The van der Waals surface area contributed by atoms with Gasteiger partial charge in [-0.2, -0.15) is 14.1 Å². The Morgan fingerprint density at radius 2 is 1.83 bits per heavy atom. The molecular weight excluding hydrogens is 558 g/mol. The van der Waals surface area contributed by atoms with E-state index in [1.807, 2.05) is 13.8 Å². The minimum absolute atomic E-state index is 0.114. The molecule has 1 fully saturated rings. The molecule has 1 aliphatic heterocycles. The fourth-order valence-electron chi connectivity index (χ4n) is 5.17. The van der Waals surface area contributed by atoms with Crippen molar-refractivity contribution in [2.45, 2.75) is 51.5 Å². The summed E-state index contributed by atoms with van der Waals surface area (Å²) >= 11 is 0. The average molecular weight is 596 g/mol. The smallest absolute Gasteiger partial charge is 0.279 e. The third kappa shape index (κ3) is 5.90. The molecule has 0 radical (unpaired) electrons. The van der Waals surface area contributed by atoms with Crippen molar-refractivity contribution in [3.63, 3.8) is 0 Å². The Hall–Kier alpha value is -3.81. The predicted octanol–water partition coefficient (Wildman–Crippen LogP) is 2.54. The summed E-state index contributed by atoms with van der Waals surface area (Å²) in [6.07, 6.45) is 3.51. The van der Waals surface area contributed by atoms with Crippen LogP contribution in [0, 0.1) is 5.21 Å². The number of likely N-dealkylation sites (N-methyl/N-ethyl adjacent to an activating group) is 1. The first-order valence-electron chi connectivity index (χ1n) is 14.4. The second-order valence-electron chi connectivity index (χ2n) is 10.3. The molecule has 224 valence electrons. The number of benzene rings is 1. The standard InChI is InChI=1S/C29H37N7O5S/c1-4-9-24-26-27(32-35(24)20-21-10-7-8-13-36(21)38)29(37)31-28(30-26)23-19-22(11-12-25(23)41-18-5-2)42(39,40)34-16-14-33(6-3)15-17-34/h7-8,10-13,19H,4-6,9,14-18,20H2,1-3H3,(H,30,31,37). The van der Waals surface area contributed by atoms with E-state index >= 15 is 0 Å². The highest BCUT2D eigenvalue weighted by atomic mass is 32.2. The number of fused-ring (bicyclic) bond motifs is 1. The van der Waals surface area contributed by atoms with Crippen LogP contribution in [0.25, 0.3) is 22.4 Å². The lowest BCUT2D eigenvalue weighted by atomic mass is 10.1. The highest BCUT2D eigenvalue weighted by Gasteiger charge is 2.29. The number of hydrogen-bond donors (Lipinski definition) is 1. The van der Waals surface area contributed by atoms with E-state index in [0.29, 0.717) is 61.7 Å². The second kappa shape index (κ2) is 12.6. The molecule has 1 saturated heterocycles. The van der Waals surface area contributed by atoms with E-state index in [1.165, 1.54) is 16.6 Å². The van der Waals surface area contributed by atoms with Gasteiger partial charge in [-0.15, -0.1) is 0 Å². The van der Waals surface area contributed by atoms with Gasteiger partial charge in [0.25, 0.3) is 5.56 Å².